The Morgan fingerprint density at radius 1 is 1.47 bits per heavy atom. The van der Waals surface area contributed by atoms with Gasteiger partial charge in [0.25, 0.3) is 0 Å². The van der Waals surface area contributed by atoms with Gasteiger partial charge in [-0.2, -0.15) is 0 Å². The van der Waals surface area contributed by atoms with Crippen molar-refractivity contribution in [1.82, 2.24) is 0 Å². The molecule has 2 nitrogen and oxygen atoms in total. The van der Waals surface area contributed by atoms with Gasteiger partial charge in [0.2, 0.25) is 0 Å². The molecule has 0 aromatic heterocycles. The minimum Gasteiger partial charge on any atom is -0.367 e. The Morgan fingerprint density at radius 3 is 2.88 bits per heavy atom. The van der Waals surface area contributed by atoms with E-state index in [0.717, 1.165) is 18.5 Å². The fourth-order valence-corrected chi connectivity index (χ4v) is 2.98. The van der Waals surface area contributed by atoms with E-state index in [2.05, 4.69) is 18.7 Å². The molecule has 0 radical (unpaired) electrons. The highest BCUT2D eigenvalue weighted by Crippen LogP contribution is 2.36. The summed E-state index contributed by atoms with van der Waals surface area (Å²) >= 11 is 6.26. The zero-order valence-electron chi connectivity index (χ0n) is 10.3. The third-order valence-electron chi connectivity index (χ3n) is 3.50. The number of hydrogen-bond acceptors (Lipinski definition) is 2. The van der Waals surface area contributed by atoms with Crippen molar-refractivity contribution in [3.05, 3.63) is 28.8 Å². The van der Waals surface area contributed by atoms with Crippen molar-refractivity contribution in [3.8, 4) is 0 Å². The van der Waals surface area contributed by atoms with Crippen LogP contribution in [0.1, 0.15) is 37.0 Å². The summed E-state index contributed by atoms with van der Waals surface area (Å²) in [7, 11) is 0. The zero-order chi connectivity index (χ0) is 12.4. The molecule has 0 spiro atoms. The molecular weight excluding hydrogens is 234 g/mol. The first-order valence-corrected chi connectivity index (χ1v) is 6.53. The first-order valence-electron chi connectivity index (χ1n) is 6.15. The van der Waals surface area contributed by atoms with Gasteiger partial charge in [-0.25, -0.2) is 0 Å². The number of carbonyl (C=O) groups is 1. The smallest absolute Gasteiger partial charge is 0.152 e. The Bertz CT molecular complexity index is 417. The molecule has 0 N–H and O–H groups in total. The molecule has 1 aromatic rings. The molecule has 2 rings (SSSR count). The van der Waals surface area contributed by atoms with Gasteiger partial charge in [0, 0.05) is 18.2 Å². The summed E-state index contributed by atoms with van der Waals surface area (Å²) < 4.78 is 0. The molecule has 1 atom stereocenters. The number of nitrogens with zero attached hydrogens (tertiary/aromatic N) is 1. The normalized spacial score (nSPS) is 20.0. The van der Waals surface area contributed by atoms with E-state index >= 15 is 0 Å². The van der Waals surface area contributed by atoms with E-state index in [4.69, 9.17) is 11.6 Å². The summed E-state index contributed by atoms with van der Waals surface area (Å²) in [6.45, 7) is 5.44. The van der Waals surface area contributed by atoms with E-state index in [0.29, 0.717) is 22.5 Å². The maximum atomic E-state index is 11.1. The van der Waals surface area contributed by atoms with Crippen molar-refractivity contribution in [2.75, 3.05) is 11.4 Å². The molecular formula is C14H18ClNO. The Kier molecular flexibility index (Phi) is 3.72. The van der Waals surface area contributed by atoms with Gasteiger partial charge < -0.3 is 4.90 Å². The average Bonchev–Trinajstić information content (AvgIpc) is 2.77. The Morgan fingerprint density at radius 2 is 2.24 bits per heavy atom. The third-order valence-corrected chi connectivity index (χ3v) is 3.81. The predicted molar refractivity (Wildman–Crippen MR) is 72.0 cm³/mol. The standard InChI is InChI=1S/C14H18ClNO/c1-10(2)13-7-4-8-16(13)14-11(9-17)5-3-6-12(14)15/h3,5-6,9-10,13H,4,7-8H2,1-2H3. The first kappa shape index (κ1) is 12.4. The van der Waals surface area contributed by atoms with Gasteiger partial charge >= 0.3 is 0 Å². The van der Waals surface area contributed by atoms with Crippen molar-refractivity contribution in [3.63, 3.8) is 0 Å². The van der Waals surface area contributed by atoms with Crippen molar-refractivity contribution < 1.29 is 4.79 Å². The SMILES string of the molecule is CC(C)C1CCCN1c1c(Cl)cccc1C=O. The fraction of sp³-hybridized carbons (Fsp3) is 0.500. The molecule has 3 heteroatoms. The molecule has 17 heavy (non-hydrogen) atoms. The highest BCUT2D eigenvalue weighted by Gasteiger charge is 2.29. The Labute approximate surface area is 108 Å². The lowest BCUT2D eigenvalue weighted by Crippen LogP contribution is -2.34. The van der Waals surface area contributed by atoms with Crippen molar-refractivity contribution >= 4 is 23.6 Å². The molecule has 0 bridgehead atoms. The second-order valence-corrected chi connectivity index (χ2v) is 5.35. The number of carbonyl (C=O) groups excluding carboxylic acids is 1. The molecule has 0 aliphatic carbocycles. The van der Waals surface area contributed by atoms with E-state index in [9.17, 15) is 4.79 Å². The molecule has 1 fully saturated rings. The van der Waals surface area contributed by atoms with Gasteiger partial charge in [-0.05, 0) is 30.9 Å². The number of halogens is 1. The second kappa shape index (κ2) is 5.09. The highest BCUT2D eigenvalue weighted by atomic mass is 35.5. The quantitative estimate of drug-likeness (QED) is 0.762. The zero-order valence-corrected chi connectivity index (χ0v) is 11.1. The molecule has 1 unspecified atom stereocenters. The number of hydrogen-bond donors (Lipinski definition) is 0. The van der Waals surface area contributed by atoms with Crippen molar-refractivity contribution in [1.29, 1.82) is 0 Å². The summed E-state index contributed by atoms with van der Waals surface area (Å²) in [4.78, 5) is 13.4. The molecule has 1 heterocycles. The van der Waals surface area contributed by atoms with E-state index in [-0.39, 0.29) is 0 Å². The van der Waals surface area contributed by atoms with E-state index < -0.39 is 0 Å². The van der Waals surface area contributed by atoms with Crippen LogP contribution in [0, 0.1) is 5.92 Å². The van der Waals surface area contributed by atoms with Crippen LogP contribution < -0.4 is 4.90 Å². The molecule has 92 valence electrons. The Hall–Kier alpha value is -1.02. The van der Waals surface area contributed by atoms with Crippen LogP contribution in [-0.2, 0) is 0 Å². The minimum atomic E-state index is 0.494. The average molecular weight is 252 g/mol. The summed E-state index contributed by atoms with van der Waals surface area (Å²) in [5, 5.41) is 0.683. The van der Waals surface area contributed by atoms with Crippen LogP contribution in [0.3, 0.4) is 0 Å². The molecule has 0 amide bonds. The van der Waals surface area contributed by atoms with Gasteiger partial charge in [-0.1, -0.05) is 31.5 Å². The predicted octanol–water partition coefficient (Wildman–Crippen LogP) is 3.78. The molecule has 1 saturated heterocycles. The van der Waals surface area contributed by atoms with Crippen molar-refractivity contribution in [2.24, 2.45) is 5.92 Å². The lowest BCUT2D eigenvalue weighted by atomic mass is 10.0. The van der Waals surface area contributed by atoms with Crippen LogP contribution in [0.15, 0.2) is 18.2 Å². The van der Waals surface area contributed by atoms with Gasteiger partial charge in [0.05, 0.1) is 10.7 Å². The van der Waals surface area contributed by atoms with Crippen molar-refractivity contribution in [2.45, 2.75) is 32.7 Å². The molecule has 1 aliphatic heterocycles. The summed E-state index contributed by atoms with van der Waals surface area (Å²) in [5.74, 6) is 0.577. The fourth-order valence-electron chi connectivity index (χ4n) is 2.69. The molecule has 1 aromatic carbocycles. The van der Waals surface area contributed by atoms with Crippen LogP contribution in [0.25, 0.3) is 0 Å². The second-order valence-electron chi connectivity index (χ2n) is 4.94. The monoisotopic (exact) mass is 251 g/mol. The Balaban J connectivity index is 2.42. The third kappa shape index (κ3) is 2.32. The lowest BCUT2D eigenvalue weighted by molar-refractivity contribution is 0.112. The van der Waals surface area contributed by atoms with Crippen LogP contribution in [0.5, 0.6) is 0 Å². The van der Waals surface area contributed by atoms with E-state index in [1.54, 1.807) is 0 Å². The summed E-state index contributed by atoms with van der Waals surface area (Å²) in [6.07, 6.45) is 3.25. The van der Waals surface area contributed by atoms with Crippen LogP contribution in [0.2, 0.25) is 5.02 Å². The number of anilines is 1. The van der Waals surface area contributed by atoms with Gasteiger partial charge in [0.15, 0.2) is 6.29 Å². The number of benzene rings is 1. The van der Waals surface area contributed by atoms with Crippen LogP contribution >= 0.6 is 11.6 Å². The number of rotatable bonds is 3. The van der Waals surface area contributed by atoms with E-state index in [1.165, 1.54) is 12.8 Å². The largest absolute Gasteiger partial charge is 0.367 e. The maximum Gasteiger partial charge on any atom is 0.152 e. The topological polar surface area (TPSA) is 20.3 Å². The van der Waals surface area contributed by atoms with Crippen LogP contribution in [0.4, 0.5) is 5.69 Å². The summed E-state index contributed by atoms with van der Waals surface area (Å²) in [5.41, 5.74) is 1.62. The summed E-state index contributed by atoms with van der Waals surface area (Å²) in [6, 6.07) is 6.02. The maximum absolute atomic E-state index is 11.1. The van der Waals surface area contributed by atoms with Gasteiger partial charge in [-0.15, -0.1) is 0 Å². The molecule has 1 aliphatic rings. The lowest BCUT2D eigenvalue weighted by Gasteiger charge is -2.31. The van der Waals surface area contributed by atoms with E-state index in [1.807, 2.05) is 18.2 Å². The number of para-hydroxylation sites is 1. The number of aldehydes is 1. The van der Waals surface area contributed by atoms with Gasteiger partial charge in [-0.3, -0.25) is 4.79 Å². The van der Waals surface area contributed by atoms with Crippen LogP contribution in [-0.4, -0.2) is 18.9 Å². The highest BCUT2D eigenvalue weighted by molar-refractivity contribution is 6.34. The molecule has 0 saturated carbocycles. The minimum absolute atomic E-state index is 0.494. The van der Waals surface area contributed by atoms with Gasteiger partial charge in [0.1, 0.15) is 0 Å². The first-order chi connectivity index (χ1) is 8.15.